The van der Waals surface area contributed by atoms with Crippen LogP contribution >= 0.6 is 0 Å². The van der Waals surface area contributed by atoms with E-state index in [0.717, 1.165) is 5.57 Å². The van der Waals surface area contributed by atoms with Gasteiger partial charge in [0.1, 0.15) is 0 Å². The molecule has 100 valence electrons. The van der Waals surface area contributed by atoms with Gasteiger partial charge in [-0.3, -0.25) is 4.79 Å². The minimum absolute atomic E-state index is 0.0260. The van der Waals surface area contributed by atoms with Crippen LogP contribution in [0.3, 0.4) is 0 Å². The molecule has 0 aliphatic rings. The highest BCUT2D eigenvalue weighted by atomic mass is 16.5. The number of carbonyl (C=O) groups is 1. The fraction of sp³-hybridized carbons (Fsp3) is 0.750. The van der Waals surface area contributed by atoms with Crippen LogP contribution in [-0.4, -0.2) is 52.0 Å². The lowest BCUT2D eigenvalue weighted by molar-refractivity contribution is -0.123. The molecule has 0 saturated carbocycles. The van der Waals surface area contributed by atoms with Gasteiger partial charge in [0.25, 0.3) is 0 Å². The Bertz CT molecular complexity index is 232. The van der Waals surface area contributed by atoms with Gasteiger partial charge in [0.15, 0.2) is 0 Å². The number of carbonyl (C=O) groups excluding carboxylic acids is 1. The Hall–Kier alpha value is -0.910. The standard InChI is InChI=1S/C12H24N2O3/c1-10(2)9-17-8-6-13-11(3)12(15)14-5-7-16-4/h11,13H,1,5-9H2,2-4H3,(H,14,15). The van der Waals surface area contributed by atoms with Gasteiger partial charge in [-0.05, 0) is 13.8 Å². The number of methoxy groups -OCH3 is 1. The zero-order valence-electron chi connectivity index (χ0n) is 11.0. The van der Waals surface area contributed by atoms with Crippen LogP contribution in [0.4, 0.5) is 0 Å². The molecule has 5 heteroatoms. The molecule has 0 spiro atoms. The van der Waals surface area contributed by atoms with E-state index < -0.39 is 0 Å². The Morgan fingerprint density at radius 1 is 1.35 bits per heavy atom. The molecular formula is C12H24N2O3. The quantitative estimate of drug-likeness (QED) is 0.429. The third-order valence-corrected chi connectivity index (χ3v) is 2.04. The van der Waals surface area contributed by atoms with E-state index in [0.29, 0.717) is 32.9 Å². The topological polar surface area (TPSA) is 59.6 Å². The molecule has 0 aromatic rings. The average Bonchev–Trinajstić information content (AvgIpc) is 2.28. The summed E-state index contributed by atoms with van der Waals surface area (Å²) in [6.07, 6.45) is 0. The molecule has 0 aliphatic heterocycles. The van der Waals surface area contributed by atoms with Crippen molar-refractivity contribution in [1.82, 2.24) is 10.6 Å². The minimum Gasteiger partial charge on any atom is -0.383 e. The van der Waals surface area contributed by atoms with E-state index in [1.54, 1.807) is 7.11 Å². The van der Waals surface area contributed by atoms with E-state index in [4.69, 9.17) is 9.47 Å². The Morgan fingerprint density at radius 3 is 2.65 bits per heavy atom. The summed E-state index contributed by atoms with van der Waals surface area (Å²) in [6, 6.07) is -0.222. The minimum atomic E-state index is -0.222. The molecule has 0 radical (unpaired) electrons. The van der Waals surface area contributed by atoms with Crippen molar-refractivity contribution in [2.24, 2.45) is 0 Å². The van der Waals surface area contributed by atoms with E-state index in [1.165, 1.54) is 0 Å². The Balaban J connectivity index is 3.46. The maximum absolute atomic E-state index is 11.5. The van der Waals surface area contributed by atoms with E-state index >= 15 is 0 Å². The van der Waals surface area contributed by atoms with Crippen LogP contribution in [0.15, 0.2) is 12.2 Å². The van der Waals surface area contributed by atoms with Gasteiger partial charge in [0.2, 0.25) is 5.91 Å². The molecule has 0 bridgehead atoms. The Labute approximate surface area is 104 Å². The van der Waals surface area contributed by atoms with Gasteiger partial charge in [-0.25, -0.2) is 0 Å². The molecule has 1 amide bonds. The number of hydrogen-bond acceptors (Lipinski definition) is 4. The maximum atomic E-state index is 11.5. The molecule has 5 nitrogen and oxygen atoms in total. The van der Waals surface area contributed by atoms with Gasteiger partial charge in [-0.2, -0.15) is 0 Å². The van der Waals surface area contributed by atoms with Gasteiger partial charge >= 0.3 is 0 Å². The Kier molecular flexibility index (Phi) is 9.71. The van der Waals surface area contributed by atoms with Crippen LogP contribution in [0.1, 0.15) is 13.8 Å². The van der Waals surface area contributed by atoms with Crippen molar-refractivity contribution < 1.29 is 14.3 Å². The molecule has 0 saturated heterocycles. The molecule has 2 N–H and O–H groups in total. The van der Waals surface area contributed by atoms with Crippen LogP contribution in [0.25, 0.3) is 0 Å². The molecule has 1 atom stereocenters. The Morgan fingerprint density at radius 2 is 2.06 bits per heavy atom. The highest BCUT2D eigenvalue weighted by Crippen LogP contribution is 1.87. The first-order valence-corrected chi connectivity index (χ1v) is 5.80. The SMILES string of the molecule is C=C(C)COCCNC(C)C(=O)NCCOC. The van der Waals surface area contributed by atoms with Gasteiger partial charge in [0.05, 0.1) is 25.9 Å². The van der Waals surface area contributed by atoms with Crippen molar-refractivity contribution in [3.8, 4) is 0 Å². The fourth-order valence-corrected chi connectivity index (χ4v) is 1.12. The highest BCUT2D eigenvalue weighted by Gasteiger charge is 2.10. The summed E-state index contributed by atoms with van der Waals surface area (Å²) < 4.78 is 10.2. The first-order valence-electron chi connectivity index (χ1n) is 5.80. The van der Waals surface area contributed by atoms with Crippen molar-refractivity contribution >= 4 is 5.91 Å². The molecule has 0 fully saturated rings. The summed E-state index contributed by atoms with van der Waals surface area (Å²) in [6.45, 7) is 10.3. The maximum Gasteiger partial charge on any atom is 0.236 e. The number of hydrogen-bond donors (Lipinski definition) is 2. The van der Waals surface area contributed by atoms with E-state index in [2.05, 4.69) is 17.2 Å². The first kappa shape index (κ1) is 16.1. The molecule has 1 unspecified atom stereocenters. The number of rotatable bonds is 10. The second-order valence-corrected chi connectivity index (χ2v) is 3.97. The summed E-state index contributed by atoms with van der Waals surface area (Å²) in [4.78, 5) is 11.5. The molecule has 0 aromatic carbocycles. The lowest BCUT2D eigenvalue weighted by Gasteiger charge is -2.13. The van der Waals surface area contributed by atoms with Crippen LogP contribution < -0.4 is 10.6 Å². The monoisotopic (exact) mass is 244 g/mol. The lowest BCUT2D eigenvalue weighted by Crippen LogP contribution is -2.44. The molecule has 17 heavy (non-hydrogen) atoms. The zero-order chi connectivity index (χ0) is 13.1. The number of amides is 1. The van der Waals surface area contributed by atoms with Crippen LogP contribution in [0, 0.1) is 0 Å². The van der Waals surface area contributed by atoms with Crippen LogP contribution in [-0.2, 0) is 14.3 Å². The summed E-state index contributed by atoms with van der Waals surface area (Å²) in [5, 5.41) is 5.84. The largest absolute Gasteiger partial charge is 0.383 e. The fourth-order valence-electron chi connectivity index (χ4n) is 1.12. The predicted octanol–water partition coefficient (Wildman–Crippen LogP) is 0.320. The van der Waals surface area contributed by atoms with Crippen LogP contribution in [0.2, 0.25) is 0 Å². The van der Waals surface area contributed by atoms with Gasteiger partial charge in [0, 0.05) is 20.2 Å². The first-order chi connectivity index (χ1) is 8.07. The summed E-state index contributed by atoms with van der Waals surface area (Å²) in [5.41, 5.74) is 0.996. The lowest BCUT2D eigenvalue weighted by atomic mass is 10.3. The van der Waals surface area contributed by atoms with Crippen molar-refractivity contribution in [3.63, 3.8) is 0 Å². The van der Waals surface area contributed by atoms with Gasteiger partial charge < -0.3 is 20.1 Å². The third-order valence-electron chi connectivity index (χ3n) is 2.04. The van der Waals surface area contributed by atoms with Gasteiger partial charge in [-0.1, -0.05) is 12.2 Å². The summed E-state index contributed by atoms with van der Waals surface area (Å²) in [5.74, 6) is -0.0260. The third kappa shape index (κ3) is 9.99. The van der Waals surface area contributed by atoms with E-state index in [1.807, 2.05) is 13.8 Å². The van der Waals surface area contributed by atoms with E-state index in [9.17, 15) is 4.79 Å². The smallest absolute Gasteiger partial charge is 0.236 e. The van der Waals surface area contributed by atoms with Crippen molar-refractivity contribution in [1.29, 1.82) is 0 Å². The molecule has 0 aliphatic carbocycles. The zero-order valence-corrected chi connectivity index (χ0v) is 11.0. The number of ether oxygens (including phenoxy) is 2. The second kappa shape index (κ2) is 10.3. The van der Waals surface area contributed by atoms with Crippen molar-refractivity contribution in [3.05, 3.63) is 12.2 Å². The highest BCUT2D eigenvalue weighted by molar-refractivity contribution is 5.81. The second-order valence-electron chi connectivity index (χ2n) is 3.97. The van der Waals surface area contributed by atoms with Gasteiger partial charge in [-0.15, -0.1) is 0 Å². The number of nitrogens with one attached hydrogen (secondary N) is 2. The molecular weight excluding hydrogens is 220 g/mol. The molecule has 0 rings (SSSR count). The normalized spacial score (nSPS) is 12.2. The molecule has 0 heterocycles. The van der Waals surface area contributed by atoms with Crippen molar-refractivity contribution in [2.75, 3.05) is 40.0 Å². The van der Waals surface area contributed by atoms with Crippen LogP contribution in [0.5, 0.6) is 0 Å². The predicted molar refractivity (Wildman–Crippen MR) is 68.0 cm³/mol. The molecule has 0 aromatic heterocycles. The van der Waals surface area contributed by atoms with E-state index in [-0.39, 0.29) is 11.9 Å². The summed E-state index contributed by atoms with van der Waals surface area (Å²) in [7, 11) is 1.60. The van der Waals surface area contributed by atoms with Crippen molar-refractivity contribution in [2.45, 2.75) is 19.9 Å². The average molecular weight is 244 g/mol. The summed E-state index contributed by atoms with van der Waals surface area (Å²) >= 11 is 0.